The van der Waals surface area contributed by atoms with E-state index in [0.29, 0.717) is 6.54 Å². The summed E-state index contributed by atoms with van der Waals surface area (Å²) >= 11 is 1.76. The van der Waals surface area contributed by atoms with Gasteiger partial charge >= 0.3 is 0 Å². The van der Waals surface area contributed by atoms with Crippen LogP contribution in [0.5, 0.6) is 0 Å². The summed E-state index contributed by atoms with van der Waals surface area (Å²) in [4.78, 5) is 1.27. The molecule has 0 saturated carbocycles. The van der Waals surface area contributed by atoms with Gasteiger partial charge in [-0.15, -0.1) is 11.8 Å². The largest absolute Gasteiger partial charge is 0.468 e. The fraction of sp³-hybridized carbons (Fsp3) is 0.286. The second-order valence-electron chi connectivity index (χ2n) is 4.13. The van der Waals surface area contributed by atoms with E-state index in [-0.39, 0.29) is 5.25 Å². The Bertz CT molecular complexity index is 479. The highest BCUT2D eigenvalue weighted by molar-refractivity contribution is 7.99. The van der Waals surface area contributed by atoms with Crippen molar-refractivity contribution in [3.8, 4) is 0 Å². The molecule has 90 valence electrons. The van der Waals surface area contributed by atoms with Crippen LogP contribution in [0.1, 0.15) is 22.1 Å². The second-order valence-corrected chi connectivity index (χ2v) is 5.37. The van der Waals surface area contributed by atoms with Gasteiger partial charge in [0.2, 0.25) is 0 Å². The Morgan fingerprint density at radius 1 is 1.29 bits per heavy atom. The van der Waals surface area contributed by atoms with Crippen LogP contribution in [-0.4, -0.2) is 6.54 Å². The monoisotopic (exact) mass is 247 g/mol. The number of hydrogen-bond donors (Lipinski definition) is 1. The molecule has 0 aliphatic rings. The number of rotatable bonds is 4. The summed E-state index contributed by atoms with van der Waals surface area (Å²) in [5.41, 5.74) is 8.39. The van der Waals surface area contributed by atoms with Gasteiger partial charge in [-0.3, -0.25) is 0 Å². The average molecular weight is 247 g/mol. The van der Waals surface area contributed by atoms with Crippen LogP contribution in [0.3, 0.4) is 0 Å². The molecule has 0 radical (unpaired) electrons. The lowest BCUT2D eigenvalue weighted by Crippen LogP contribution is -2.08. The summed E-state index contributed by atoms with van der Waals surface area (Å²) in [5, 5.41) is 0.186. The van der Waals surface area contributed by atoms with Crippen LogP contribution in [0.2, 0.25) is 0 Å². The van der Waals surface area contributed by atoms with Gasteiger partial charge in [0.15, 0.2) is 0 Å². The molecule has 1 heterocycles. The first-order chi connectivity index (χ1) is 8.20. The van der Waals surface area contributed by atoms with E-state index >= 15 is 0 Å². The zero-order valence-electron chi connectivity index (χ0n) is 10.1. The van der Waals surface area contributed by atoms with Gasteiger partial charge in [-0.05, 0) is 37.6 Å². The zero-order valence-corrected chi connectivity index (χ0v) is 11.0. The molecule has 1 aromatic heterocycles. The van der Waals surface area contributed by atoms with Gasteiger partial charge in [0.25, 0.3) is 0 Å². The number of thioether (sulfide) groups is 1. The number of hydrogen-bond acceptors (Lipinski definition) is 3. The van der Waals surface area contributed by atoms with Crippen molar-refractivity contribution in [2.24, 2.45) is 5.73 Å². The molecule has 1 atom stereocenters. The number of nitrogens with two attached hydrogens (primary N) is 1. The molecule has 1 aromatic carbocycles. The van der Waals surface area contributed by atoms with Crippen LogP contribution in [-0.2, 0) is 0 Å². The molecule has 0 bridgehead atoms. The first kappa shape index (κ1) is 12.3. The Hall–Kier alpha value is -1.19. The summed E-state index contributed by atoms with van der Waals surface area (Å²) in [5.74, 6) is 0.942. The summed E-state index contributed by atoms with van der Waals surface area (Å²) in [6.07, 6.45) is 1.69. The Balaban J connectivity index is 2.19. The first-order valence-corrected chi connectivity index (χ1v) is 6.56. The first-order valence-electron chi connectivity index (χ1n) is 5.68. The summed E-state index contributed by atoms with van der Waals surface area (Å²) in [6, 6.07) is 10.4. The van der Waals surface area contributed by atoms with Crippen LogP contribution in [0.4, 0.5) is 0 Å². The molecule has 0 saturated heterocycles. The molecule has 17 heavy (non-hydrogen) atoms. The highest BCUT2D eigenvalue weighted by Gasteiger charge is 2.15. The van der Waals surface area contributed by atoms with Crippen molar-refractivity contribution in [2.75, 3.05) is 6.54 Å². The minimum Gasteiger partial charge on any atom is -0.468 e. The number of benzene rings is 1. The molecule has 0 fully saturated rings. The van der Waals surface area contributed by atoms with E-state index in [2.05, 4.69) is 32.0 Å². The van der Waals surface area contributed by atoms with Crippen molar-refractivity contribution in [3.05, 3.63) is 53.5 Å². The topological polar surface area (TPSA) is 39.2 Å². The Kier molecular flexibility index (Phi) is 3.92. The zero-order chi connectivity index (χ0) is 12.3. The van der Waals surface area contributed by atoms with Crippen LogP contribution >= 0.6 is 11.8 Å². The Morgan fingerprint density at radius 3 is 2.71 bits per heavy atom. The normalized spacial score (nSPS) is 12.6. The van der Waals surface area contributed by atoms with Crippen LogP contribution in [0, 0.1) is 13.8 Å². The molecule has 3 heteroatoms. The maximum absolute atomic E-state index is 5.81. The molecular weight excluding hydrogens is 230 g/mol. The highest BCUT2D eigenvalue weighted by atomic mass is 32.2. The van der Waals surface area contributed by atoms with E-state index in [4.69, 9.17) is 10.2 Å². The molecule has 2 rings (SSSR count). The van der Waals surface area contributed by atoms with Gasteiger partial charge in [0, 0.05) is 11.4 Å². The van der Waals surface area contributed by atoms with E-state index in [1.807, 2.05) is 12.1 Å². The molecule has 0 aliphatic carbocycles. The predicted octanol–water partition coefficient (Wildman–Crippen LogP) is 3.69. The SMILES string of the molecule is Cc1ccc(SC(CN)c2ccco2)c(C)c1. The third kappa shape index (κ3) is 2.93. The van der Waals surface area contributed by atoms with Crippen molar-refractivity contribution in [1.29, 1.82) is 0 Å². The third-order valence-corrected chi connectivity index (χ3v) is 4.10. The van der Waals surface area contributed by atoms with E-state index in [0.717, 1.165) is 5.76 Å². The molecule has 0 aliphatic heterocycles. The smallest absolute Gasteiger partial charge is 0.118 e. The molecule has 2 nitrogen and oxygen atoms in total. The van der Waals surface area contributed by atoms with Gasteiger partial charge in [-0.1, -0.05) is 17.7 Å². The lowest BCUT2D eigenvalue weighted by molar-refractivity contribution is 0.507. The van der Waals surface area contributed by atoms with Crippen LogP contribution in [0.25, 0.3) is 0 Å². The lowest BCUT2D eigenvalue weighted by atomic mass is 10.2. The second kappa shape index (κ2) is 5.43. The minimum atomic E-state index is 0.186. The Morgan fingerprint density at radius 2 is 2.12 bits per heavy atom. The molecule has 1 unspecified atom stereocenters. The number of aryl methyl sites for hydroxylation is 2. The van der Waals surface area contributed by atoms with Crippen molar-refractivity contribution < 1.29 is 4.42 Å². The van der Waals surface area contributed by atoms with E-state index in [1.54, 1.807) is 18.0 Å². The van der Waals surface area contributed by atoms with Gasteiger partial charge in [0.05, 0.1) is 11.5 Å². The maximum Gasteiger partial charge on any atom is 0.118 e. The van der Waals surface area contributed by atoms with Crippen molar-refractivity contribution >= 4 is 11.8 Å². The highest BCUT2D eigenvalue weighted by Crippen LogP contribution is 2.36. The fourth-order valence-corrected chi connectivity index (χ4v) is 2.83. The standard InChI is InChI=1S/C14H17NOS/c1-10-5-6-13(11(2)8-10)17-14(9-15)12-4-3-7-16-12/h3-8,14H,9,15H2,1-2H3. The van der Waals surface area contributed by atoms with Crippen molar-refractivity contribution in [1.82, 2.24) is 0 Å². The predicted molar refractivity (Wildman–Crippen MR) is 72.3 cm³/mol. The molecule has 2 N–H and O–H groups in total. The van der Waals surface area contributed by atoms with E-state index < -0.39 is 0 Å². The van der Waals surface area contributed by atoms with Gasteiger partial charge < -0.3 is 10.2 Å². The van der Waals surface area contributed by atoms with E-state index in [9.17, 15) is 0 Å². The minimum absolute atomic E-state index is 0.186. The van der Waals surface area contributed by atoms with Crippen molar-refractivity contribution in [2.45, 2.75) is 24.0 Å². The number of furan rings is 1. The lowest BCUT2D eigenvalue weighted by Gasteiger charge is -2.13. The molecule has 2 aromatic rings. The summed E-state index contributed by atoms with van der Waals surface area (Å²) in [7, 11) is 0. The van der Waals surface area contributed by atoms with E-state index in [1.165, 1.54) is 16.0 Å². The van der Waals surface area contributed by atoms with Crippen LogP contribution in [0.15, 0.2) is 45.9 Å². The summed E-state index contributed by atoms with van der Waals surface area (Å²) < 4.78 is 5.42. The fourth-order valence-electron chi connectivity index (χ4n) is 1.78. The molecular formula is C14H17NOS. The van der Waals surface area contributed by atoms with Crippen molar-refractivity contribution in [3.63, 3.8) is 0 Å². The average Bonchev–Trinajstić information content (AvgIpc) is 2.81. The van der Waals surface area contributed by atoms with Gasteiger partial charge in [0.1, 0.15) is 5.76 Å². The van der Waals surface area contributed by atoms with Gasteiger partial charge in [-0.25, -0.2) is 0 Å². The molecule has 0 amide bonds. The maximum atomic E-state index is 5.81. The van der Waals surface area contributed by atoms with Crippen LogP contribution < -0.4 is 5.73 Å². The Labute approximate surface area is 106 Å². The quantitative estimate of drug-likeness (QED) is 0.837. The van der Waals surface area contributed by atoms with Gasteiger partial charge in [-0.2, -0.15) is 0 Å². The molecule has 0 spiro atoms. The third-order valence-electron chi connectivity index (χ3n) is 2.67. The summed E-state index contributed by atoms with van der Waals surface area (Å²) in [6.45, 7) is 4.81.